The van der Waals surface area contributed by atoms with E-state index < -0.39 is 0 Å². The van der Waals surface area contributed by atoms with Crippen molar-refractivity contribution >= 4 is 46.3 Å². The Kier molecular flexibility index (Phi) is 4.43. The molecule has 0 aliphatic carbocycles. The predicted octanol–water partition coefficient (Wildman–Crippen LogP) is 4.47. The van der Waals surface area contributed by atoms with Crippen LogP contribution in [-0.4, -0.2) is 12.9 Å². The molecule has 2 aromatic carbocycles. The maximum atomic E-state index is 12.6. The highest BCUT2D eigenvalue weighted by molar-refractivity contribution is 6.43. The van der Waals surface area contributed by atoms with Gasteiger partial charge < -0.3 is 10.5 Å². The van der Waals surface area contributed by atoms with Gasteiger partial charge in [-0.1, -0.05) is 34.8 Å². The molecule has 104 valence electrons. The van der Waals surface area contributed by atoms with Crippen LogP contribution in [0.3, 0.4) is 0 Å². The molecule has 0 radical (unpaired) electrons. The molecule has 6 heteroatoms. The van der Waals surface area contributed by atoms with E-state index in [9.17, 15) is 4.79 Å². The molecular weight excluding hydrogens is 321 g/mol. The maximum Gasteiger partial charge on any atom is 0.199 e. The van der Waals surface area contributed by atoms with Crippen molar-refractivity contribution in [3.8, 4) is 5.75 Å². The Morgan fingerprint density at radius 2 is 1.70 bits per heavy atom. The smallest absolute Gasteiger partial charge is 0.199 e. The SMILES string of the molecule is COc1ccc(N)cc1C(=O)c1c(Cl)cc(Cl)cc1Cl. The Balaban J connectivity index is 2.60. The molecule has 0 saturated carbocycles. The third-order valence-electron chi connectivity index (χ3n) is 2.70. The number of hydrogen-bond donors (Lipinski definition) is 1. The number of carbonyl (C=O) groups is 1. The summed E-state index contributed by atoms with van der Waals surface area (Å²) in [5, 5.41) is 0.713. The summed E-state index contributed by atoms with van der Waals surface area (Å²) in [7, 11) is 1.47. The molecule has 0 saturated heterocycles. The van der Waals surface area contributed by atoms with E-state index in [4.69, 9.17) is 45.3 Å². The molecule has 0 aromatic heterocycles. The van der Waals surface area contributed by atoms with E-state index in [2.05, 4.69) is 0 Å². The quantitative estimate of drug-likeness (QED) is 0.667. The summed E-state index contributed by atoms with van der Waals surface area (Å²) < 4.78 is 5.16. The summed E-state index contributed by atoms with van der Waals surface area (Å²) in [5.74, 6) is 0.0205. The van der Waals surface area contributed by atoms with Gasteiger partial charge in [0.2, 0.25) is 0 Å². The molecule has 0 aliphatic rings. The summed E-state index contributed by atoms with van der Waals surface area (Å²) in [6.45, 7) is 0. The minimum Gasteiger partial charge on any atom is -0.496 e. The Bertz CT molecular complexity index is 663. The van der Waals surface area contributed by atoms with Crippen LogP contribution in [0.5, 0.6) is 5.75 Å². The Labute approximate surface area is 131 Å². The number of halogens is 3. The van der Waals surface area contributed by atoms with Crippen molar-refractivity contribution in [1.29, 1.82) is 0 Å². The molecule has 0 unspecified atom stereocenters. The number of anilines is 1. The molecular formula is C14H10Cl3NO2. The van der Waals surface area contributed by atoms with Gasteiger partial charge in [-0.15, -0.1) is 0 Å². The summed E-state index contributed by atoms with van der Waals surface area (Å²) in [4.78, 5) is 12.6. The average Bonchev–Trinajstić information content (AvgIpc) is 2.37. The normalized spacial score (nSPS) is 10.4. The Morgan fingerprint density at radius 3 is 2.25 bits per heavy atom. The van der Waals surface area contributed by atoms with Crippen LogP contribution in [0.4, 0.5) is 5.69 Å². The third-order valence-corrected chi connectivity index (χ3v) is 3.52. The Hall–Kier alpha value is -1.42. The van der Waals surface area contributed by atoms with Crippen molar-refractivity contribution in [3.05, 3.63) is 56.5 Å². The first-order valence-corrected chi connectivity index (χ1v) is 6.70. The highest BCUT2D eigenvalue weighted by Crippen LogP contribution is 2.33. The van der Waals surface area contributed by atoms with Crippen LogP contribution in [0.2, 0.25) is 15.1 Å². The highest BCUT2D eigenvalue weighted by atomic mass is 35.5. The van der Waals surface area contributed by atoms with Crippen LogP contribution in [0, 0.1) is 0 Å². The fourth-order valence-corrected chi connectivity index (χ4v) is 2.79. The average molecular weight is 331 g/mol. The van der Waals surface area contributed by atoms with Gasteiger partial charge in [0.15, 0.2) is 5.78 Å². The van der Waals surface area contributed by atoms with Gasteiger partial charge in [-0.3, -0.25) is 4.79 Å². The van der Waals surface area contributed by atoms with Gasteiger partial charge in [-0.25, -0.2) is 0 Å². The first kappa shape index (κ1) is 15.0. The van der Waals surface area contributed by atoms with Crippen molar-refractivity contribution in [2.24, 2.45) is 0 Å². The van der Waals surface area contributed by atoms with E-state index in [-0.39, 0.29) is 21.4 Å². The fraction of sp³-hybridized carbons (Fsp3) is 0.0714. The molecule has 2 rings (SSSR count). The van der Waals surface area contributed by atoms with E-state index >= 15 is 0 Å². The van der Waals surface area contributed by atoms with Crippen molar-refractivity contribution in [2.45, 2.75) is 0 Å². The number of nitrogen functional groups attached to an aromatic ring is 1. The fourth-order valence-electron chi connectivity index (χ4n) is 1.80. The lowest BCUT2D eigenvalue weighted by atomic mass is 10.0. The largest absolute Gasteiger partial charge is 0.496 e. The van der Waals surface area contributed by atoms with E-state index in [1.807, 2.05) is 0 Å². The zero-order valence-corrected chi connectivity index (χ0v) is 12.7. The molecule has 0 heterocycles. The van der Waals surface area contributed by atoms with E-state index in [0.717, 1.165) is 0 Å². The maximum absolute atomic E-state index is 12.6. The number of ketones is 1. The lowest BCUT2D eigenvalue weighted by molar-refractivity contribution is 0.103. The molecule has 0 spiro atoms. The van der Waals surface area contributed by atoms with Gasteiger partial charge in [0, 0.05) is 10.7 Å². The second-order valence-corrected chi connectivity index (χ2v) is 5.28. The second kappa shape index (κ2) is 5.92. The Morgan fingerprint density at radius 1 is 1.10 bits per heavy atom. The molecule has 0 amide bonds. The third kappa shape index (κ3) is 2.85. The van der Waals surface area contributed by atoms with Gasteiger partial charge in [0.05, 0.1) is 28.3 Å². The number of carbonyl (C=O) groups excluding carboxylic acids is 1. The summed E-state index contributed by atoms with van der Waals surface area (Å²) in [6.07, 6.45) is 0. The monoisotopic (exact) mass is 329 g/mol. The van der Waals surface area contributed by atoms with Gasteiger partial charge in [-0.05, 0) is 30.3 Å². The molecule has 2 N–H and O–H groups in total. The summed E-state index contributed by atoms with van der Waals surface area (Å²) >= 11 is 17.9. The lowest BCUT2D eigenvalue weighted by Gasteiger charge is -2.11. The van der Waals surface area contributed by atoms with Crippen LogP contribution < -0.4 is 10.5 Å². The molecule has 2 aromatic rings. The van der Waals surface area contributed by atoms with Crippen molar-refractivity contribution < 1.29 is 9.53 Å². The van der Waals surface area contributed by atoms with Gasteiger partial charge in [0.1, 0.15) is 5.75 Å². The number of nitrogens with two attached hydrogens (primary N) is 1. The molecule has 3 nitrogen and oxygen atoms in total. The minimum absolute atomic E-state index is 0.168. The lowest BCUT2D eigenvalue weighted by Crippen LogP contribution is -2.06. The zero-order valence-electron chi connectivity index (χ0n) is 10.4. The van der Waals surface area contributed by atoms with E-state index in [1.165, 1.54) is 25.3 Å². The van der Waals surface area contributed by atoms with Crippen molar-refractivity contribution in [3.63, 3.8) is 0 Å². The standard InChI is InChI=1S/C14H10Cl3NO2/c1-20-12-3-2-8(18)6-9(12)14(19)13-10(16)4-7(15)5-11(13)17/h2-6H,18H2,1H3. The molecule has 0 bridgehead atoms. The minimum atomic E-state index is -0.374. The first-order valence-electron chi connectivity index (χ1n) is 5.56. The van der Waals surface area contributed by atoms with Crippen molar-refractivity contribution in [1.82, 2.24) is 0 Å². The number of benzene rings is 2. The molecule has 0 atom stereocenters. The zero-order chi connectivity index (χ0) is 14.9. The van der Waals surface area contributed by atoms with Gasteiger partial charge in [0.25, 0.3) is 0 Å². The van der Waals surface area contributed by atoms with Crippen LogP contribution in [0.15, 0.2) is 30.3 Å². The number of methoxy groups -OCH3 is 1. The number of hydrogen-bond acceptors (Lipinski definition) is 3. The number of rotatable bonds is 3. The van der Waals surface area contributed by atoms with Gasteiger partial charge in [-0.2, -0.15) is 0 Å². The molecule has 20 heavy (non-hydrogen) atoms. The van der Waals surface area contributed by atoms with Gasteiger partial charge >= 0.3 is 0 Å². The van der Waals surface area contributed by atoms with E-state index in [1.54, 1.807) is 12.1 Å². The molecule has 0 aliphatic heterocycles. The van der Waals surface area contributed by atoms with Crippen LogP contribution in [0.25, 0.3) is 0 Å². The highest BCUT2D eigenvalue weighted by Gasteiger charge is 2.21. The van der Waals surface area contributed by atoms with Crippen LogP contribution in [0.1, 0.15) is 15.9 Å². The first-order chi connectivity index (χ1) is 9.43. The summed E-state index contributed by atoms with van der Waals surface area (Å²) in [5.41, 5.74) is 6.60. The van der Waals surface area contributed by atoms with Crippen LogP contribution in [-0.2, 0) is 0 Å². The van der Waals surface area contributed by atoms with Crippen LogP contribution >= 0.6 is 34.8 Å². The number of ether oxygens (including phenoxy) is 1. The topological polar surface area (TPSA) is 52.3 Å². The second-order valence-electron chi connectivity index (χ2n) is 4.03. The predicted molar refractivity (Wildman–Crippen MR) is 82.3 cm³/mol. The van der Waals surface area contributed by atoms with E-state index in [0.29, 0.717) is 22.0 Å². The summed E-state index contributed by atoms with van der Waals surface area (Å²) in [6, 6.07) is 7.69. The molecule has 0 fully saturated rings. The van der Waals surface area contributed by atoms with Crippen molar-refractivity contribution in [2.75, 3.05) is 12.8 Å².